The smallest absolute Gasteiger partial charge is 0.338 e. The zero-order valence-corrected chi connectivity index (χ0v) is 16.3. The lowest BCUT2D eigenvalue weighted by atomic mass is 10.0. The Labute approximate surface area is 158 Å². The zero-order chi connectivity index (χ0) is 20.1. The first-order chi connectivity index (χ1) is 12.8. The SMILES string of the molecule is CCCOc1ccc(C(=O)O[C@H](C)C(=O)c2[nH]c(C)c(C(C)=O)c2C)cc1. The van der Waals surface area contributed by atoms with Crippen molar-refractivity contribution in [1.29, 1.82) is 0 Å². The van der Waals surface area contributed by atoms with Gasteiger partial charge in [-0.2, -0.15) is 0 Å². The molecule has 6 heteroatoms. The Balaban J connectivity index is 2.09. The Hall–Kier alpha value is -2.89. The molecule has 1 aromatic heterocycles. The number of carbonyl (C=O) groups is 3. The van der Waals surface area contributed by atoms with Crippen molar-refractivity contribution in [3.63, 3.8) is 0 Å². The van der Waals surface area contributed by atoms with Gasteiger partial charge in [-0.25, -0.2) is 4.79 Å². The van der Waals surface area contributed by atoms with Crippen LogP contribution in [0.15, 0.2) is 24.3 Å². The van der Waals surface area contributed by atoms with Crippen molar-refractivity contribution < 1.29 is 23.9 Å². The summed E-state index contributed by atoms with van der Waals surface area (Å²) >= 11 is 0. The number of rotatable bonds is 8. The summed E-state index contributed by atoms with van der Waals surface area (Å²) in [5, 5.41) is 0. The van der Waals surface area contributed by atoms with Gasteiger partial charge in [-0.1, -0.05) is 6.92 Å². The monoisotopic (exact) mass is 371 g/mol. The van der Waals surface area contributed by atoms with Crippen LogP contribution in [-0.4, -0.2) is 35.2 Å². The third-order valence-corrected chi connectivity index (χ3v) is 4.25. The molecule has 1 N–H and O–H groups in total. The number of nitrogens with one attached hydrogen (secondary N) is 1. The number of ether oxygens (including phenoxy) is 2. The standard InChI is InChI=1S/C21H25NO5/c1-6-11-26-17-9-7-16(8-10-17)21(25)27-15(5)20(24)19-12(2)18(14(4)23)13(3)22-19/h7-10,15,22H,6,11H2,1-5H3/t15-/m1/s1. The van der Waals surface area contributed by atoms with Crippen molar-refractivity contribution in [3.05, 3.63) is 52.3 Å². The maximum absolute atomic E-state index is 12.7. The second-order valence-electron chi connectivity index (χ2n) is 6.47. The number of hydrogen-bond donors (Lipinski definition) is 1. The molecule has 27 heavy (non-hydrogen) atoms. The van der Waals surface area contributed by atoms with Crippen molar-refractivity contribution in [2.45, 2.75) is 47.1 Å². The molecule has 0 fully saturated rings. The van der Waals surface area contributed by atoms with E-state index in [2.05, 4.69) is 4.98 Å². The largest absolute Gasteiger partial charge is 0.494 e. The molecule has 2 aromatic rings. The van der Waals surface area contributed by atoms with Gasteiger partial charge in [0.25, 0.3) is 0 Å². The molecule has 6 nitrogen and oxygen atoms in total. The Bertz CT molecular complexity index is 848. The minimum atomic E-state index is -0.981. The van der Waals surface area contributed by atoms with Gasteiger partial charge in [0.1, 0.15) is 5.75 Å². The van der Waals surface area contributed by atoms with Crippen LogP contribution in [0.5, 0.6) is 5.75 Å². The van der Waals surface area contributed by atoms with E-state index in [1.165, 1.54) is 13.8 Å². The highest BCUT2D eigenvalue weighted by molar-refractivity contribution is 6.05. The zero-order valence-electron chi connectivity index (χ0n) is 16.3. The van der Waals surface area contributed by atoms with Gasteiger partial charge >= 0.3 is 5.97 Å². The molecule has 0 aliphatic carbocycles. The van der Waals surface area contributed by atoms with Crippen molar-refractivity contribution in [2.75, 3.05) is 6.61 Å². The normalized spacial score (nSPS) is 11.7. The Morgan fingerprint density at radius 2 is 1.74 bits per heavy atom. The highest BCUT2D eigenvalue weighted by Crippen LogP contribution is 2.21. The second-order valence-corrected chi connectivity index (χ2v) is 6.47. The molecule has 144 valence electrons. The lowest BCUT2D eigenvalue weighted by molar-refractivity contribution is 0.0317. The molecule has 1 aromatic carbocycles. The van der Waals surface area contributed by atoms with E-state index in [0.29, 0.717) is 40.4 Å². The summed E-state index contributed by atoms with van der Waals surface area (Å²) in [5.74, 6) is -0.410. The van der Waals surface area contributed by atoms with Crippen LogP contribution >= 0.6 is 0 Å². The van der Waals surface area contributed by atoms with Crippen LogP contribution in [-0.2, 0) is 4.74 Å². The van der Waals surface area contributed by atoms with Gasteiger partial charge in [-0.15, -0.1) is 0 Å². The number of aromatic nitrogens is 1. The van der Waals surface area contributed by atoms with Gasteiger partial charge in [0.15, 0.2) is 11.9 Å². The minimum Gasteiger partial charge on any atom is -0.494 e. The molecule has 0 saturated carbocycles. The maximum Gasteiger partial charge on any atom is 0.338 e. The molecule has 0 saturated heterocycles. The predicted molar refractivity (Wildman–Crippen MR) is 102 cm³/mol. The molecule has 0 radical (unpaired) electrons. The highest BCUT2D eigenvalue weighted by Gasteiger charge is 2.26. The lowest BCUT2D eigenvalue weighted by Gasteiger charge is -2.12. The van der Waals surface area contributed by atoms with Crippen LogP contribution in [0, 0.1) is 13.8 Å². The summed E-state index contributed by atoms with van der Waals surface area (Å²) in [6.07, 6.45) is -0.0862. The van der Waals surface area contributed by atoms with E-state index in [1.54, 1.807) is 38.1 Å². The topological polar surface area (TPSA) is 85.5 Å². The molecule has 0 aliphatic rings. The summed E-state index contributed by atoms with van der Waals surface area (Å²) in [6, 6.07) is 6.58. The molecule has 0 spiro atoms. The van der Waals surface area contributed by atoms with Crippen molar-refractivity contribution in [3.8, 4) is 5.75 Å². The van der Waals surface area contributed by atoms with Gasteiger partial charge < -0.3 is 14.5 Å². The number of hydrogen-bond acceptors (Lipinski definition) is 5. The van der Waals surface area contributed by atoms with Crippen molar-refractivity contribution in [2.24, 2.45) is 0 Å². The molecule has 0 aliphatic heterocycles. The van der Waals surface area contributed by atoms with Crippen LogP contribution in [0.25, 0.3) is 0 Å². The molecule has 1 heterocycles. The number of Topliss-reactive ketones (excluding diaryl/α,β-unsaturated/α-hetero) is 2. The van der Waals surface area contributed by atoms with Gasteiger partial charge in [0.05, 0.1) is 17.9 Å². The summed E-state index contributed by atoms with van der Waals surface area (Å²) < 4.78 is 10.8. The van der Waals surface area contributed by atoms with E-state index in [-0.39, 0.29) is 11.6 Å². The van der Waals surface area contributed by atoms with E-state index in [1.807, 2.05) is 6.92 Å². The van der Waals surface area contributed by atoms with Gasteiger partial charge in [0.2, 0.25) is 5.78 Å². The highest BCUT2D eigenvalue weighted by atomic mass is 16.5. The molecule has 0 amide bonds. The van der Waals surface area contributed by atoms with Crippen LogP contribution in [0.3, 0.4) is 0 Å². The number of aromatic amines is 1. The third kappa shape index (κ3) is 4.64. The van der Waals surface area contributed by atoms with E-state index in [0.717, 1.165) is 6.42 Å². The van der Waals surface area contributed by atoms with Gasteiger partial charge in [-0.05, 0) is 63.9 Å². The van der Waals surface area contributed by atoms with Crippen LogP contribution in [0.2, 0.25) is 0 Å². The fourth-order valence-corrected chi connectivity index (χ4v) is 2.92. The molecule has 0 unspecified atom stereocenters. The number of benzene rings is 1. The summed E-state index contributed by atoms with van der Waals surface area (Å²) in [4.78, 5) is 39.6. The Morgan fingerprint density at radius 3 is 2.26 bits per heavy atom. The van der Waals surface area contributed by atoms with E-state index >= 15 is 0 Å². The summed E-state index contributed by atoms with van der Waals surface area (Å²) in [5.41, 5.74) is 2.33. The van der Waals surface area contributed by atoms with Gasteiger partial charge in [-0.3, -0.25) is 9.59 Å². The quantitative estimate of drug-likeness (QED) is 0.559. The van der Waals surface area contributed by atoms with Crippen LogP contribution in [0.1, 0.15) is 69.7 Å². The third-order valence-electron chi connectivity index (χ3n) is 4.25. The molecular weight excluding hydrogens is 346 g/mol. The summed E-state index contributed by atoms with van der Waals surface area (Å²) in [6.45, 7) is 9.02. The first-order valence-corrected chi connectivity index (χ1v) is 8.94. The second kappa shape index (κ2) is 8.66. The summed E-state index contributed by atoms with van der Waals surface area (Å²) in [7, 11) is 0. The van der Waals surface area contributed by atoms with Crippen molar-refractivity contribution >= 4 is 17.5 Å². The lowest BCUT2D eigenvalue weighted by Crippen LogP contribution is -2.25. The Morgan fingerprint density at radius 1 is 1.11 bits per heavy atom. The fourth-order valence-electron chi connectivity index (χ4n) is 2.92. The van der Waals surface area contributed by atoms with Gasteiger partial charge in [0, 0.05) is 11.3 Å². The molecular formula is C21H25NO5. The van der Waals surface area contributed by atoms with E-state index in [4.69, 9.17) is 9.47 Å². The van der Waals surface area contributed by atoms with E-state index < -0.39 is 12.1 Å². The number of ketones is 2. The molecule has 0 bridgehead atoms. The average Bonchev–Trinajstić information content (AvgIpc) is 2.93. The molecule has 1 atom stereocenters. The first-order valence-electron chi connectivity index (χ1n) is 8.94. The fraction of sp³-hybridized carbons (Fsp3) is 0.381. The minimum absolute atomic E-state index is 0.115. The number of esters is 1. The van der Waals surface area contributed by atoms with Crippen molar-refractivity contribution in [1.82, 2.24) is 4.98 Å². The van der Waals surface area contributed by atoms with Crippen LogP contribution in [0.4, 0.5) is 0 Å². The number of aryl methyl sites for hydroxylation is 1. The number of carbonyl (C=O) groups excluding carboxylic acids is 3. The average molecular weight is 371 g/mol. The van der Waals surface area contributed by atoms with Crippen LogP contribution < -0.4 is 4.74 Å². The maximum atomic E-state index is 12.7. The molecule has 2 rings (SSSR count). The number of H-pyrrole nitrogens is 1. The Kier molecular flexibility index (Phi) is 6.55. The predicted octanol–water partition coefficient (Wildman–Crippen LogP) is 4.05. The van der Waals surface area contributed by atoms with E-state index in [9.17, 15) is 14.4 Å². The first kappa shape index (κ1) is 20.4.